The smallest absolute Gasteiger partial charge is 0.227 e. The average molecular weight is 331 g/mol. The zero-order valence-corrected chi connectivity index (χ0v) is 14.7. The van der Waals surface area contributed by atoms with E-state index in [0.717, 1.165) is 46.8 Å². The van der Waals surface area contributed by atoms with E-state index in [9.17, 15) is 0 Å². The number of benzene rings is 1. The number of piperidine rings is 1. The van der Waals surface area contributed by atoms with Crippen molar-refractivity contribution in [3.05, 3.63) is 40.5 Å². The number of hydrogen-bond donors (Lipinski definition) is 1. The highest BCUT2D eigenvalue weighted by Crippen LogP contribution is 2.25. The number of anilines is 3. The Morgan fingerprint density at radius 1 is 1.22 bits per heavy atom. The zero-order chi connectivity index (χ0) is 16.4. The Labute approximate surface area is 142 Å². The third-order valence-corrected chi connectivity index (χ3v) is 4.47. The van der Waals surface area contributed by atoms with Crippen molar-refractivity contribution in [2.75, 3.05) is 23.3 Å². The first-order valence-corrected chi connectivity index (χ1v) is 8.53. The lowest BCUT2D eigenvalue weighted by atomic mass is 10.0. The summed E-state index contributed by atoms with van der Waals surface area (Å²) < 4.78 is 0. The SMILES string of the molecule is Cc1cc(Nc2ccc(Cl)cc2C)nc(N2CCCC(C)C2)n1. The molecule has 5 heteroatoms. The van der Waals surface area contributed by atoms with Gasteiger partial charge in [0.25, 0.3) is 0 Å². The van der Waals surface area contributed by atoms with E-state index in [0.29, 0.717) is 5.92 Å². The molecule has 23 heavy (non-hydrogen) atoms. The van der Waals surface area contributed by atoms with Gasteiger partial charge in [-0.05, 0) is 56.4 Å². The minimum absolute atomic E-state index is 0.697. The molecule has 1 fully saturated rings. The van der Waals surface area contributed by atoms with Crippen molar-refractivity contribution in [3.63, 3.8) is 0 Å². The Hall–Kier alpha value is -1.81. The van der Waals surface area contributed by atoms with E-state index in [4.69, 9.17) is 16.6 Å². The first-order valence-electron chi connectivity index (χ1n) is 8.15. The first-order chi connectivity index (χ1) is 11.0. The van der Waals surface area contributed by atoms with Gasteiger partial charge in [-0.3, -0.25) is 0 Å². The van der Waals surface area contributed by atoms with Crippen LogP contribution in [0.1, 0.15) is 31.0 Å². The first kappa shape index (κ1) is 16.1. The lowest BCUT2D eigenvalue weighted by molar-refractivity contribution is 0.442. The lowest BCUT2D eigenvalue weighted by Gasteiger charge is -2.31. The van der Waals surface area contributed by atoms with Crippen molar-refractivity contribution in [2.45, 2.75) is 33.6 Å². The van der Waals surface area contributed by atoms with Crippen LogP contribution < -0.4 is 10.2 Å². The fraction of sp³-hybridized carbons (Fsp3) is 0.444. The van der Waals surface area contributed by atoms with Gasteiger partial charge in [-0.2, -0.15) is 4.98 Å². The van der Waals surface area contributed by atoms with Crippen LogP contribution in [0, 0.1) is 19.8 Å². The summed E-state index contributed by atoms with van der Waals surface area (Å²) in [7, 11) is 0. The van der Waals surface area contributed by atoms with Crippen LogP contribution in [0.25, 0.3) is 0 Å². The molecule has 2 heterocycles. The van der Waals surface area contributed by atoms with E-state index in [1.165, 1.54) is 12.8 Å². The molecule has 1 aromatic heterocycles. The molecule has 1 atom stereocenters. The van der Waals surface area contributed by atoms with E-state index in [1.54, 1.807) is 0 Å². The van der Waals surface area contributed by atoms with Crippen molar-refractivity contribution < 1.29 is 0 Å². The molecule has 0 radical (unpaired) electrons. The second-order valence-electron chi connectivity index (χ2n) is 6.47. The van der Waals surface area contributed by atoms with E-state index >= 15 is 0 Å². The van der Waals surface area contributed by atoms with Gasteiger partial charge in [-0.25, -0.2) is 4.98 Å². The molecule has 0 spiro atoms. The summed E-state index contributed by atoms with van der Waals surface area (Å²) in [5.41, 5.74) is 3.09. The maximum Gasteiger partial charge on any atom is 0.227 e. The second-order valence-corrected chi connectivity index (χ2v) is 6.91. The molecule has 1 unspecified atom stereocenters. The summed E-state index contributed by atoms with van der Waals surface area (Å²) in [5, 5.41) is 4.14. The molecule has 0 amide bonds. The van der Waals surface area contributed by atoms with Gasteiger partial charge in [0.1, 0.15) is 5.82 Å². The summed E-state index contributed by atoms with van der Waals surface area (Å²) >= 11 is 6.03. The van der Waals surface area contributed by atoms with E-state index in [2.05, 4.69) is 22.1 Å². The number of aryl methyl sites for hydroxylation is 2. The zero-order valence-electron chi connectivity index (χ0n) is 13.9. The molecule has 1 saturated heterocycles. The highest BCUT2D eigenvalue weighted by atomic mass is 35.5. The number of nitrogens with zero attached hydrogens (tertiary/aromatic N) is 3. The molecule has 0 saturated carbocycles. The molecule has 0 bridgehead atoms. The molecule has 1 N–H and O–H groups in total. The summed E-state index contributed by atoms with van der Waals surface area (Å²) in [6.07, 6.45) is 2.49. The molecule has 1 aromatic carbocycles. The summed E-state index contributed by atoms with van der Waals surface area (Å²) in [4.78, 5) is 11.6. The van der Waals surface area contributed by atoms with Crippen molar-refractivity contribution in [1.29, 1.82) is 0 Å². The van der Waals surface area contributed by atoms with Crippen molar-refractivity contribution in [3.8, 4) is 0 Å². The van der Waals surface area contributed by atoms with Gasteiger partial charge < -0.3 is 10.2 Å². The number of aromatic nitrogens is 2. The number of rotatable bonds is 3. The molecule has 2 aromatic rings. The summed E-state index contributed by atoms with van der Waals surface area (Å²) in [6, 6.07) is 7.80. The predicted molar refractivity (Wildman–Crippen MR) is 96.9 cm³/mol. The summed E-state index contributed by atoms with van der Waals surface area (Å²) in [6.45, 7) is 8.40. The molecule has 4 nitrogen and oxygen atoms in total. The van der Waals surface area contributed by atoms with Gasteiger partial charge >= 0.3 is 0 Å². The van der Waals surface area contributed by atoms with Crippen molar-refractivity contribution in [2.24, 2.45) is 5.92 Å². The van der Waals surface area contributed by atoms with Crippen LogP contribution >= 0.6 is 11.6 Å². The molecule has 0 aliphatic carbocycles. The maximum absolute atomic E-state index is 6.03. The van der Waals surface area contributed by atoms with E-state index in [1.807, 2.05) is 38.1 Å². The predicted octanol–water partition coefficient (Wildman–Crippen LogP) is 4.73. The Balaban J connectivity index is 1.85. The third-order valence-electron chi connectivity index (χ3n) is 4.23. The average Bonchev–Trinajstić information content (AvgIpc) is 2.50. The Morgan fingerprint density at radius 2 is 2.04 bits per heavy atom. The molecular weight excluding hydrogens is 308 g/mol. The number of nitrogens with one attached hydrogen (secondary N) is 1. The Morgan fingerprint density at radius 3 is 2.78 bits per heavy atom. The summed E-state index contributed by atoms with van der Waals surface area (Å²) in [5.74, 6) is 2.35. The van der Waals surface area contributed by atoms with Gasteiger partial charge in [0, 0.05) is 35.6 Å². The minimum atomic E-state index is 0.697. The fourth-order valence-electron chi connectivity index (χ4n) is 3.03. The third kappa shape index (κ3) is 3.94. The molecular formula is C18H23ClN4. The normalized spacial score (nSPS) is 18.1. The Bertz CT molecular complexity index is 701. The quantitative estimate of drug-likeness (QED) is 0.883. The standard InChI is InChI=1S/C18H23ClN4/c1-12-5-4-8-23(11-12)18-20-14(3)10-17(22-18)21-16-7-6-15(19)9-13(16)2/h6-7,9-10,12H,4-5,8,11H2,1-3H3,(H,20,21,22). The van der Waals surface area contributed by atoms with Crippen molar-refractivity contribution in [1.82, 2.24) is 9.97 Å². The van der Waals surface area contributed by atoms with Crippen LogP contribution in [0.5, 0.6) is 0 Å². The molecule has 3 rings (SSSR count). The van der Waals surface area contributed by atoms with Gasteiger partial charge in [0.05, 0.1) is 0 Å². The van der Waals surface area contributed by atoms with Gasteiger partial charge in [-0.1, -0.05) is 18.5 Å². The minimum Gasteiger partial charge on any atom is -0.340 e. The van der Waals surface area contributed by atoms with Crippen LogP contribution in [0.15, 0.2) is 24.3 Å². The highest BCUT2D eigenvalue weighted by molar-refractivity contribution is 6.30. The topological polar surface area (TPSA) is 41.1 Å². The van der Waals surface area contributed by atoms with E-state index < -0.39 is 0 Å². The van der Waals surface area contributed by atoms with Crippen molar-refractivity contribution >= 4 is 29.1 Å². The van der Waals surface area contributed by atoms with Gasteiger partial charge in [0.2, 0.25) is 5.95 Å². The fourth-order valence-corrected chi connectivity index (χ4v) is 3.26. The monoisotopic (exact) mass is 330 g/mol. The molecule has 1 aliphatic rings. The lowest BCUT2D eigenvalue weighted by Crippen LogP contribution is -2.35. The Kier molecular flexibility index (Phi) is 4.71. The van der Waals surface area contributed by atoms with Crippen LogP contribution in [-0.4, -0.2) is 23.1 Å². The van der Waals surface area contributed by atoms with Gasteiger partial charge in [-0.15, -0.1) is 0 Å². The van der Waals surface area contributed by atoms with Crippen LogP contribution in [0.3, 0.4) is 0 Å². The molecule has 122 valence electrons. The molecule has 1 aliphatic heterocycles. The number of hydrogen-bond acceptors (Lipinski definition) is 4. The second kappa shape index (κ2) is 6.75. The van der Waals surface area contributed by atoms with Crippen LogP contribution in [0.4, 0.5) is 17.5 Å². The van der Waals surface area contributed by atoms with Crippen LogP contribution in [-0.2, 0) is 0 Å². The van der Waals surface area contributed by atoms with Crippen LogP contribution in [0.2, 0.25) is 5.02 Å². The largest absolute Gasteiger partial charge is 0.340 e. The highest BCUT2D eigenvalue weighted by Gasteiger charge is 2.19. The van der Waals surface area contributed by atoms with E-state index in [-0.39, 0.29) is 0 Å². The van der Waals surface area contributed by atoms with Gasteiger partial charge in [0.15, 0.2) is 0 Å². The number of halogens is 1. The maximum atomic E-state index is 6.03.